The largest absolute Gasteiger partial charge is 0.199 e. The van der Waals surface area contributed by atoms with Crippen LogP contribution in [0.25, 0.3) is 0 Å². The molecule has 0 saturated carbocycles. The zero-order valence-electron chi connectivity index (χ0n) is 29.4. The number of hydrogen-bond acceptors (Lipinski definition) is 0. The maximum Gasteiger partial charge on any atom is 0.199 e. The van der Waals surface area contributed by atoms with Crippen molar-refractivity contribution in [2.45, 2.75) is 256 Å². The summed E-state index contributed by atoms with van der Waals surface area (Å²) in [4.78, 5) is 0. The van der Waals surface area contributed by atoms with Crippen LogP contribution in [-0.4, -0.2) is 15.2 Å². The molecule has 0 N–H and O–H groups in total. The van der Waals surface area contributed by atoms with E-state index >= 15 is 0 Å². The molecule has 0 amide bonds. The normalized spacial score (nSPS) is 11.5. The molecule has 41 heavy (non-hydrogen) atoms. The molecule has 0 rings (SSSR count). The van der Waals surface area contributed by atoms with Gasteiger partial charge in [0.2, 0.25) is 0 Å². The molecular weight excluding hydrogens is 507 g/mol. The molecule has 0 nitrogen and oxygen atoms in total. The van der Waals surface area contributed by atoms with Gasteiger partial charge in [-0.25, -0.2) is 0 Å². The van der Waals surface area contributed by atoms with E-state index in [1.165, 1.54) is 231 Å². The molecule has 1 heteroatoms. The predicted molar refractivity (Wildman–Crippen MR) is 195 cm³/mol. The molecule has 0 bridgehead atoms. The Morgan fingerprint density at radius 2 is 0.366 bits per heavy atom. The summed E-state index contributed by atoms with van der Waals surface area (Å²) in [5, 5.41) is 3.16. The average molecular weight is 592 g/mol. The van der Waals surface area contributed by atoms with Crippen molar-refractivity contribution in [3.05, 3.63) is 0 Å². The molecule has 0 aliphatic carbocycles. The van der Waals surface area contributed by atoms with Crippen LogP contribution in [0.5, 0.6) is 0 Å². The summed E-state index contributed by atoms with van der Waals surface area (Å²) in [5.74, 6) is 0. The van der Waals surface area contributed by atoms with E-state index in [9.17, 15) is 0 Å². The van der Waals surface area contributed by atoms with Gasteiger partial charge in [-0.3, -0.25) is 0 Å². The van der Waals surface area contributed by atoms with Crippen LogP contribution in [0.2, 0.25) is 10.6 Å². The molecule has 0 saturated heterocycles. The standard InChI is InChI=1S/2C20H41.Al.H2/c2*1-3-5-7-9-11-13-15-17-19-20-18-16-14-12-10-8-6-4-2;;/h2*1,3-20H2,2H3;;1H. The zero-order valence-corrected chi connectivity index (χ0v) is 30.6. The molecule has 0 spiro atoms. The van der Waals surface area contributed by atoms with Crippen LogP contribution < -0.4 is 0 Å². The van der Waals surface area contributed by atoms with Crippen LogP contribution >= 0.6 is 0 Å². The lowest BCUT2D eigenvalue weighted by Gasteiger charge is -2.04. The van der Waals surface area contributed by atoms with Crippen molar-refractivity contribution < 1.29 is 1.43 Å². The summed E-state index contributed by atoms with van der Waals surface area (Å²) in [6.45, 7) is 4.62. The molecule has 0 aliphatic rings. The van der Waals surface area contributed by atoms with Gasteiger partial charge in [0.25, 0.3) is 0 Å². The van der Waals surface area contributed by atoms with Crippen LogP contribution in [0.15, 0.2) is 0 Å². The van der Waals surface area contributed by atoms with Crippen LogP contribution in [0.1, 0.15) is 246 Å². The van der Waals surface area contributed by atoms with Crippen molar-refractivity contribution in [2.75, 3.05) is 0 Å². The van der Waals surface area contributed by atoms with Gasteiger partial charge in [-0.1, -0.05) is 245 Å². The Labute approximate surface area is 271 Å². The second-order valence-electron chi connectivity index (χ2n) is 13.9. The van der Waals surface area contributed by atoms with Crippen LogP contribution in [0.3, 0.4) is 0 Å². The first-order valence-electron chi connectivity index (χ1n) is 20.2. The van der Waals surface area contributed by atoms with E-state index in [-0.39, 0.29) is 1.43 Å². The predicted octanol–water partition coefficient (Wildman–Crippen LogP) is 15.9. The minimum atomic E-state index is 0. The third-order valence-electron chi connectivity index (χ3n) is 9.52. The van der Waals surface area contributed by atoms with Crippen molar-refractivity contribution in [3.8, 4) is 0 Å². The van der Waals surface area contributed by atoms with Crippen molar-refractivity contribution in [2.24, 2.45) is 0 Å². The minimum absolute atomic E-state index is 0. The van der Waals surface area contributed by atoms with Gasteiger partial charge in [-0.15, -0.1) is 10.6 Å². The lowest BCUT2D eigenvalue weighted by atomic mass is 10.0. The fourth-order valence-electron chi connectivity index (χ4n) is 6.52. The molecule has 247 valence electrons. The fraction of sp³-hybridized carbons (Fsp3) is 1.00. The van der Waals surface area contributed by atoms with Gasteiger partial charge >= 0.3 is 0 Å². The summed E-state index contributed by atoms with van der Waals surface area (Å²) < 4.78 is 0. The highest BCUT2D eigenvalue weighted by molar-refractivity contribution is 6.35. The second kappa shape index (κ2) is 40.5. The van der Waals surface area contributed by atoms with Crippen LogP contribution in [0, 0.1) is 0 Å². The highest BCUT2D eigenvalue weighted by atomic mass is 27.1. The van der Waals surface area contributed by atoms with Gasteiger partial charge < -0.3 is 0 Å². The van der Waals surface area contributed by atoms with E-state index in [4.69, 9.17) is 0 Å². The molecular formula is C40H84Al. The Kier molecular flexibility index (Phi) is 41.1. The Morgan fingerprint density at radius 1 is 0.220 bits per heavy atom. The maximum atomic E-state index is 2.31. The Balaban J connectivity index is 0. The van der Waals surface area contributed by atoms with Gasteiger partial charge in [0.1, 0.15) is 0 Å². The van der Waals surface area contributed by atoms with E-state index in [1.807, 2.05) is 0 Å². The fourth-order valence-corrected chi connectivity index (χ4v) is 7.97. The SMILES string of the molecule is CCCCCCCCCCCCCCCCCCC[CH2][Al][CH2]CCCCCCCCCCCCCCCCCCC.[HH]. The average Bonchev–Trinajstić information content (AvgIpc) is 2.98. The topological polar surface area (TPSA) is 0 Å². The van der Waals surface area contributed by atoms with Crippen LogP contribution in [0.4, 0.5) is 0 Å². The second-order valence-corrected chi connectivity index (χ2v) is 15.6. The third kappa shape index (κ3) is 40.5. The quantitative estimate of drug-likeness (QED) is 0.0495. The van der Waals surface area contributed by atoms with Gasteiger partial charge in [-0.05, 0) is 0 Å². The molecule has 0 aromatic heterocycles. The lowest BCUT2D eigenvalue weighted by molar-refractivity contribution is 0.526. The van der Waals surface area contributed by atoms with E-state index in [0.717, 1.165) is 15.2 Å². The lowest BCUT2D eigenvalue weighted by Crippen LogP contribution is -1.90. The summed E-state index contributed by atoms with van der Waals surface area (Å²) >= 11 is 0.765. The smallest absolute Gasteiger partial charge is 0.104 e. The number of rotatable bonds is 38. The van der Waals surface area contributed by atoms with E-state index < -0.39 is 0 Å². The van der Waals surface area contributed by atoms with E-state index in [1.54, 1.807) is 10.6 Å². The highest BCUT2D eigenvalue weighted by Crippen LogP contribution is 2.16. The highest BCUT2D eigenvalue weighted by Gasteiger charge is 1.98. The molecule has 0 fully saturated rings. The molecule has 0 aromatic carbocycles. The van der Waals surface area contributed by atoms with Gasteiger partial charge in [0.15, 0.2) is 15.2 Å². The van der Waals surface area contributed by atoms with Crippen molar-refractivity contribution in [1.82, 2.24) is 0 Å². The van der Waals surface area contributed by atoms with E-state index in [0.29, 0.717) is 0 Å². The molecule has 0 unspecified atom stereocenters. The first kappa shape index (κ1) is 41.5. The zero-order chi connectivity index (χ0) is 29.6. The monoisotopic (exact) mass is 592 g/mol. The van der Waals surface area contributed by atoms with Gasteiger partial charge in [0.05, 0.1) is 0 Å². The Bertz CT molecular complexity index is 388. The van der Waals surface area contributed by atoms with Crippen LogP contribution in [-0.2, 0) is 0 Å². The first-order valence-corrected chi connectivity index (χ1v) is 21.9. The van der Waals surface area contributed by atoms with Crippen molar-refractivity contribution in [1.29, 1.82) is 0 Å². The first-order chi connectivity index (χ1) is 20.4. The summed E-state index contributed by atoms with van der Waals surface area (Å²) in [6.07, 6.45) is 53.6. The third-order valence-corrected chi connectivity index (χ3v) is 11.2. The Hall–Kier alpha value is 0.532. The summed E-state index contributed by atoms with van der Waals surface area (Å²) in [7, 11) is 0. The molecule has 0 aromatic rings. The molecule has 0 aliphatic heterocycles. The molecule has 0 atom stereocenters. The van der Waals surface area contributed by atoms with Crippen molar-refractivity contribution >= 4 is 15.2 Å². The summed E-state index contributed by atoms with van der Waals surface area (Å²) in [6, 6.07) is 0. The minimum Gasteiger partial charge on any atom is -0.104 e. The van der Waals surface area contributed by atoms with Crippen molar-refractivity contribution in [3.63, 3.8) is 0 Å². The van der Waals surface area contributed by atoms with Gasteiger partial charge in [0, 0.05) is 1.43 Å². The van der Waals surface area contributed by atoms with E-state index in [2.05, 4.69) is 13.8 Å². The maximum absolute atomic E-state index is 2.31. The number of unbranched alkanes of at least 4 members (excludes halogenated alkanes) is 34. The molecule has 1 radical (unpaired) electrons. The number of hydrogen-bond donors (Lipinski definition) is 0. The Morgan fingerprint density at radius 3 is 0.537 bits per heavy atom. The summed E-state index contributed by atoms with van der Waals surface area (Å²) in [5.41, 5.74) is 0. The van der Waals surface area contributed by atoms with Gasteiger partial charge in [-0.2, -0.15) is 0 Å². The molecule has 0 heterocycles.